The van der Waals surface area contributed by atoms with Crippen LogP contribution in [0.15, 0.2) is 80.8 Å². The normalized spacial score (nSPS) is 11.2. The molecule has 2 nitrogen and oxygen atoms in total. The number of hydrogen-bond donors (Lipinski definition) is 0. The minimum Gasteiger partial charge on any atom is -0.423 e. The molecule has 0 saturated carbocycles. The average Bonchev–Trinajstić information content (AvgIpc) is 2.52. The molecular formula is C18H14O2S. The summed E-state index contributed by atoms with van der Waals surface area (Å²) in [5.74, 6) is 0.808. The van der Waals surface area contributed by atoms with Gasteiger partial charge in [0.15, 0.2) is 0 Å². The Kier molecular flexibility index (Phi) is 4.22. The van der Waals surface area contributed by atoms with Gasteiger partial charge in [-0.3, -0.25) is 0 Å². The molecule has 0 aliphatic rings. The summed E-state index contributed by atoms with van der Waals surface area (Å²) in [6.45, 7) is 0. The van der Waals surface area contributed by atoms with E-state index in [1.165, 1.54) is 5.56 Å². The fourth-order valence-corrected chi connectivity index (χ4v) is 2.96. The third kappa shape index (κ3) is 3.44. The monoisotopic (exact) mass is 294 g/mol. The smallest absolute Gasteiger partial charge is 0.337 e. The van der Waals surface area contributed by atoms with E-state index in [0.29, 0.717) is 5.58 Å². The Balaban J connectivity index is 1.77. The van der Waals surface area contributed by atoms with E-state index < -0.39 is 0 Å². The van der Waals surface area contributed by atoms with Gasteiger partial charge in [0, 0.05) is 22.1 Å². The average molecular weight is 294 g/mol. The van der Waals surface area contributed by atoms with E-state index in [2.05, 4.69) is 24.3 Å². The molecule has 0 saturated heterocycles. The molecule has 3 heteroatoms. The van der Waals surface area contributed by atoms with Gasteiger partial charge in [0.2, 0.25) is 0 Å². The second kappa shape index (κ2) is 6.46. The van der Waals surface area contributed by atoms with Crippen LogP contribution in [0.25, 0.3) is 17.0 Å². The zero-order valence-electron chi connectivity index (χ0n) is 11.4. The summed E-state index contributed by atoms with van der Waals surface area (Å²) >= 11 is 1.64. The Bertz CT molecular complexity index is 819. The van der Waals surface area contributed by atoms with Crippen LogP contribution >= 0.6 is 11.8 Å². The van der Waals surface area contributed by atoms with Crippen molar-refractivity contribution in [1.29, 1.82) is 0 Å². The highest BCUT2D eigenvalue weighted by Gasteiger charge is 2.04. The van der Waals surface area contributed by atoms with Crippen LogP contribution in [0, 0.1) is 0 Å². The van der Waals surface area contributed by atoms with Crippen molar-refractivity contribution in [3.63, 3.8) is 0 Å². The Morgan fingerprint density at radius 2 is 1.76 bits per heavy atom. The molecule has 0 aliphatic carbocycles. The number of para-hydroxylation sites is 1. The van der Waals surface area contributed by atoms with Crippen LogP contribution in [-0.4, -0.2) is 5.75 Å². The van der Waals surface area contributed by atoms with Crippen LogP contribution < -0.4 is 5.63 Å². The minimum atomic E-state index is -0.303. The lowest BCUT2D eigenvalue weighted by Crippen LogP contribution is -1.97. The van der Waals surface area contributed by atoms with Crippen molar-refractivity contribution in [2.75, 3.05) is 5.75 Å². The van der Waals surface area contributed by atoms with Crippen LogP contribution in [0.3, 0.4) is 0 Å². The fourth-order valence-electron chi connectivity index (χ4n) is 2.09. The molecule has 0 spiro atoms. The number of benzene rings is 2. The van der Waals surface area contributed by atoms with Crippen molar-refractivity contribution in [3.05, 3.63) is 82.7 Å². The quantitative estimate of drug-likeness (QED) is 0.520. The van der Waals surface area contributed by atoms with E-state index >= 15 is 0 Å². The van der Waals surface area contributed by atoms with Crippen molar-refractivity contribution in [3.8, 4) is 0 Å². The zero-order chi connectivity index (χ0) is 14.5. The van der Waals surface area contributed by atoms with Gasteiger partial charge < -0.3 is 4.42 Å². The van der Waals surface area contributed by atoms with E-state index in [4.69, 9.17) is 4.42 Å². The molecule has 0 bridgehead atoms. The van der Waals surface area contributed by atoms with Gasteiger partial charge in [-0.05, 0) is 11.6 Å². The van der Waals surface area contributed by atoms with E-state index in [1.807, 2.05) is 42.5 Å². The van der Waals surface area contributed by atoms with Gasteiger partial charge in [-0.2, -0.15) is 0 Å². The van der Waals surface area contributed by atoms with E-state index in [0.717, 1.165) is 16.0 Å². The lowest BCUT2D eigenvalue weighted by atomic mass is 10.2. The summed E-state index contributed by atoms with van der Waals surface area (Å²) in [7, 11) is 0. The molecule has 1 heterocycles. The summed E-state index contributed by atoms with van der Waals surface area (Å²) in [5.41, 5.74) is 1.51. The Morgan fingerprint density at radius 1 is 1.00 bits per heavy atom. The van der Waals surface area contributed by atoms with Crippen LogP contribution in [0.4, 0.5) is 0 Å². The first kappa shape index (κ1) is 13.7. The van der Waals surface area contributed by atoms with Gasteiger partial charge in [-0.15, -0.1) is 11.8 Å². The molecule has 3 aromatic rings. The minimum absolute atomic E-state index is 0.303. The molecule has 0 aliphatic heterocycles. The first-order valence-corrected chi connectivity index (χ1v) is 7.69. The lowest BCUT2D eigenvalue weighted by Gasteiger charge is -2.02. The molecule has 0 radical (unpaired) electrons. The Hall–Kier alpha value is -2.26. The van der Waals surface area contributed by atoms with Crippen molar-refractivity contribution in [1.82, 2.24) is 0 Å². The van der Waals surface area contributed by atoms with Crippen molar-refractivity contribution >= 4 is 28.8 Å². The van der Waals surface area contributed by atoms with Crippen LogP contribution in [0.5, 0.6) is 0 Å². The van der Waals surface area contributed by atoms with Crippen LogP contribution in [0.1, 0.15) is 5.56 Å². The van der Waals surface area contributed by atoms with E-state index in [-0.39, 0.29) is 5.63 Å². The largest absolute Gasteiger partial charge is 0.423 e. The molecule has 3 rings (SSSR count). The summed E-state index contributed by atoms with van der Waals surface area (Å²) in [5, 5.41) is 0.982. The summed E-state index contributed by atoms with van der Waals surface area (Å²) < 4.78 is 5.19. The topological polar surface area (TPSA) is 30.2 Å². The number of rotatable bonds is 4. The molecule has 0 unspecified atom stereocenters. The van der Waals surface area contributed by atoms with Gasteiger partial charge >= 0.3 is 5.63 Å². The molecular weight excluding hydrogens is 280 g/mol. The lowest BCUT2D eigenvalue weighted by molar-refractivity contribution is 0.557. The number of thioether (sulfide) groups is 1. The molecule has 0 atom stereocenters. The van der Waals surface area contributed by atoms with E-state index in [9.17, 15) is 4.79 Å². The maximum atomic E-state index is 11.6. The summed E-state index contributed by atoms with van der Waals surface area (Å²) in [4.78, 5) is 12.5. The molecule has 0 N–H and O–H groups in total. The van der Waals surface area contributed by atoms with Gasteiger partial charge in [-0.25, -0.2) is 4.79 Å². The maximum absolute atomic E-state index is 11.6. The molecule has 0 fully saturated rings. The molecule has 21 heavy (non-hydrogen) atoms. The third-order valence-electron chi connectivity index (χ3n) is 3.06. The van der Waals surface area contributed by atoms with Gasteiger partial charge in [0.25, 0.3) is 0 Å². The highest BCUT2D eigenvalue weighted by atomic mass is 32.2. The fraction of sp³-hybridized carbons (Fsp3) is 0.0556. The standard InChI is InChI=1S/C18H14O2S/c19-18-13-17(15-10-4-5-11-16(15)20-18)21-12-6-9-14-7-2-1-3-8-14/h1-11,13H,12H2. The zero-order valence-corrected chi connectivity index (χ0v) is 12.2. The summed E-state index contributed by atoms with van der Waals surface area (Å²) in [6.07, 6.45) is 4.18. The highest BCUT2D eigenvalue weighted by molar-refractivity contribution is 7.99. The molecule has 2 aromatic carbocycles. The van der Waals surface area contributed by atoms with Crippen LogP contribution in [0.2, 0.25) is 0 Å². The predicted molar refractivity (Wildman–Crippen MR) is 88.7 cm³/mol. The molecule has 1 aromatic heterocycles. The predicted octanol–water partition coefficient (Wildman–Crippen LogP) is 4.60. The van der Waals surface area contributed by atoms with Crippen LogP contribution in [-0.2, 0) is 0 Å². The maximum Gasteiger partial charge on any atom is 0.337 e. The number of fused-ring (bicyclic) bond motifs is 1. The van der Waals surface area contributed by atoms with Crippen molar-refractivity contribution in [2.24, 2.45) is 0 Å². The first-order valence-electron chi connectivity index (χ1n) is 6.70. The second-order valence-corrected chi connectivity index (χ2v) is 5.61. The van der Waals surface area contributed by atoms with Crippen molar-refractivity contribution in [2.45, 2.75) is 4.90 Å². The number of hydrogen-bond acceptors (Lipinski definition) is 3. The second-order valence-electron chi connectivity index (χ2n) is 4.55. The SMILES string of the molecule is O=c1cc(SCC=Cc2ccccc2)c2ccccc2o1. The van der Waals surface area contributed by atoms with Gasteiger partial charge in [-0.1, -0.05) is 60.7 Å². The molecule has 104 valence electrons. The third-order valence-corrected chi connectivity index (χ3v) is 4.06. The summed E-state index contributed by atoms with van der Waals surface area (Å²) in [6, 6.07) is 19.3. The Labute approximate surface area is 127 Å². The van der Waals surface area contributed by atoms with Gasteiger partial charge in [0.1, 0.15) is 5.58 Å². The van der Waals surface area contributed by atoms with E-state index in [1.54, 1.807) is 17.8 Å². The van der Waals surface area contributed by atoms with Crippen molar-refractivity contribution < 1.29 is 4.42 Å². The highest BCUT2D eigenvalue weighted by Crippen LogP contribution is 2.26. The molecule has 0 amide bonds. The first-order chi connectivity index (χ1) is 10.3. The Morgan fingerprint density at radius 3 is 2.62 bits per heavy atom. The van der Waals surface area contributed by atoms with Gasteiger partial charge in [0.05, 0.1) is 0 Å².